The fraction of sp³-hybridized carbons (Fsp3) is 0.600. The van der Waals surface area contributed by atoms with Crippen LogP contribution in [0.1, 0.15) is 12.0 Å². The first-order chi connectivity index (χ1) is 9.74. The number of hydrogen-bond acceptors (Lipinski definition) is 4. The first-order valence-electron chi connectivity index (χ1n) is 7.28. The Morgan fingerprint density at radius 1 is 1.35 bits per heavy atom. The molecule has 2 aliphatic heterocycles. The van der Waals surface area contributed by atoms with Crippen LogP contribution >= 0.6 is 0 Å². The number of aryl methyl sites for hydroxylation is 1. The van der Waals surface area contributed by atoms with Crippen molar-refractivity contribution in [3.63, 3.8) is 0 Å². The highest BCUT2D eigenvalue weighted by Crippen LogP contribution is 2.24. The number of ether oxygens (including phenoxy) is 1. The maximum absolute atomic E-state index is 12.5. The zero-order valence-corrected chi connectivity index (χ0v) is 11.9. The molecule has 108 valence electrons. The third kappa shape index (κ3) is 2.77. The highest BCUT2D eigenvalue weighted by molar-refractivity contribution is 5.80. The van der Waals surface area contributed by atoms with Crippen molar-refractivity contribution in [3.8, 4) is 0 Å². The number of hydrogen-bond donors (Lipinski definition) is 0. The lowest BCUT2D eigenvalue weighted by Gasteiger charge is -2.29. The summed E-state index contributed by atoms with van der Waals surface area (Å²) in [6, 6.07) is 4.08. The summed E-state index contributed by atoms with van der Waals surface area (Å²) in [5.74, 6) is 1.38. The van der Waals surface area contributed by atoms with E-state index in [4.69, 9.17) is 4.74 Å². The Labute approximate surface area is 119 Å². The Hall–Kier alpha value is -1.62. The number of aromatic nitrogens is 1. The van der Waals surface area contributed by atoms with Gasteiger partial charge in [0.05, 0.1) is 19.1 Å². The first kappa shape index (κ1) is 13.4. The summed E-state index contributed by atoms with van der Waals surface area (Å²) in [6.45, 7) is 6.57. The summed E-state index contributed by atoms with van der Waals surface area (Å²) in [4.78, 5) is 21.0. The van der Waals surface area contributed by atoms with E-state index < -0.39 is 0 Å². The molecule has 1 unspecified atom stereocenters. The van der Waals surface area contributed by atoms with E-state index in [-0.39, 0.29) is 11.8 Å². The molecule has 0 radical (unpaired) electrons. The Morgan fingerprint density at radius 2 is 2.15 bits per heavy atom. The van der Waals surface area contributed by atoms with Gasteiger partial charge in [-0.25, -0.2) is 4.98 Å². The fourth-order valence-electron chi connectivity index (χ4n) is 2.91. The predicted octanol–water partition coefficient (Wildman–Crippen LogP) is 1.08. The number of morpholine rings is 1. The van der Waals surface area contributed by atoms with Gasteiger partial charge in [-0.1, -0.05) is 0 Å². The van der Waals surface area contributed by atoms with Gasteiger partial charge in [0.2, 0.25) is 5.91 Å². The van der Waals surface area contributed by atoms with E-state index >= 15 is 0 Å². The van der Waals surface area contributed by atoms with Crippen LogP contribution < -0.4 is 4.90 Å². The van der Waals surface area contributed by atoms with E-state index in [0.29, 0.717) is 13.2 Å². The van der Waals surface area contributed by atoms with E-state index in [1.165, 1.54) is 5.56 Å². The van der Waals surface area contributed by atoms with Gasteiger partial charge in [-0.2, -0.15) is 0 Å². The molecule has 5 nitrogen and oxygen atoms in total. The summed E-state index contributed by atoms with van der Waals surface area (Å²) < 4.78 is 5.30. The molecule has 0 saturated carbocycles. The number of pyridine rings is 1. The van der Waals surface area contributed by atoms with E-state index in [0.717, 1.165) is 38.4 Å². The topological polar surface area (TPSA) is 45.7 Å². The molecule has 0 N–H and O–H groups in total. The van der Waals surface area contributed by atoms with Crippen molar-refractivity contribution < 1.29 is 9.53 Å². The quantitative estimate of drug-likeness (QED) is 0.810. The van der Waals surface area contributed by atoms with E-state index in [1.807, 2.05) is 17.2 Å². The van der Waals surface area contributed by atoms with Crippen molar-refractivity contribution in [2.24, 2.45) is 5.92 Å². The lowest BCUT2D eigenvalue weighted by molar-refractivity contribution is -0.138. The van der Waals surface area contributed by atoms with Gasteiger partial charge >= 0.3 is 0 Å². The Balaban J connectivity index is 1.63. The van der Waals surface area contributed by atoms with Crippen molar-refractivity contribution in [1.82, 2.24) is 9.88 Å². The van der Waals surface area contributed by atoms with Crippen LogP contribution in [-0.4, -0.2) is 55.2 Å². The fourth-order valence-corrected chi connectivity index (χ4v) is 2.91. The van der Waals surface area contributed by atoms with Gasteiger partial charge in [0.1, 0.15) is 5.82 Å². The minimum atomic E-state index is 0.107. The molecule has 0 aromatic carbocycles. The monoisotopic (exact) mass is 275 g/mol. The Morgan fingerprint density at radius 3 is 2.90 bits per heavy atom. The number of nitrogens with zero attached hydrogens (tertiary/aromatic N) is 3. The van der Waals surface area contributed by atoms with Crippen LogP contribution in [0.25, 0.3) is 0 Å². The van der Waals surface area contributed by atoms with Crippen LogP contribution in [0.4, 0.5) is 5.82 Å². The minimum absolute atomic E-state index is 0.107. The van der Waals surface area contributed by atoms with Crippen LogP contribution in [0, 0.1) is 12.8 Å². The van der Waals surface area contributed by atoms with Crippen LogP contribution in [0.15, 0.2) is 18.3 Å². The molecule has 5 heteroatoms. The molecule has 3 heterocycles. The van der Waals surface area contributed by atoms with E-state index in [1.54, 1.807) is 0 Å². The van der Waals surface area contributed by atoms with Gasteiger partial charge in [-0.3, -0.25) is 4.79 Å². The zero-order valence-electron chi connectivity index (χ0n) is 11.9. The Bertz CT molecular complexity index is 486. The van der Waals surface area contributed by atoms with Crippen LogP contribution in [-0.2, 0) is 9.53 Å². The normalized spacial score (nSPS) is 23.1. The summed E-state index contributed by atoms with van der Waals surface area (Å²) >= 11 is 0. The molecule has 2 aliphatic rings. The van der Waals surface area contributed by atoms with E-state index in [9.17, 15) is 4.79 Å². The van der Waals surface area contributed by atoms with Gasteiger partial charge in [-0.15, -0.1) is 0 Å². The van der Waals surface area contributed by atoms with Crippen LogP contribution in [0.2, 0.25) is 0 Å². The highest BCUT2D eigenvalue weighted by atomic mass is 16.5. The summed E-state index contributed by atoms with van der Waals surface area (Å²) in [6.07, 6.45) is 2.76. The molecule has 1 aromatic rings. The molecule has 1 atom stereocenters. The predicted molar refractivity (Wildman–Crippen MR) is 76.7 cm³/mol. The number of carbonyl (C=O) groups excluding carboxylic acids is 1. The summed E-state index contributed by atoms with van der Waals surface area (Å²) in [7, 11) is 0. The summed E-state index contributed by atoms with van der Waals surface area (Å²) in [5.41, 5.74) is 1.21. The molecular formula is C15H21N3O2. The van der Waals surface area contributed by atoms with Crippen molar-refractivity contribution in [2.45, 2.75) is 13.3 Å². The molecule has 2 saturated heterocycles. The number of rotatable bonds is 2. The van der Waals surface area contributed by atoms with Crippen molar-refractivity contribution in [1.29, 1.82) is 0 Å². The molecule has 0 bridgehead atoms. The molecule has 2 fully saturated rings. The lowest BCUT2D eigenvalue weighted by atomic mass is 10.1. The Kier molecular flexibility index (Phi) is 3.87. The average Bonchev–Trinajstić information content (AvgIpc) is 2.97. The molecular weight excluding hydrogens is 254 g/mol. The molecule has 20 heavy (non-hydrogen) atoms. The van der Waals surface area contributed by atoms with Gasteiger partial charge in [-0.05, 0) is 31.0 Å². The lowest BCUT2D eigenvalue weighted by Crippen LogP contribution is -2.44. The zero-order chi connectivity index (χ0) is 13.9. The highest BCUT2D eigenvalue weighted by Gasteiger charge is 2.32. The third-order valence-corrected chi connectivity index (χ3v) is 4.09. The minimum Gasteiger partial charge on any atom is -0.378 e. The van der Waals surface area contributed by atoms with Crippen molar-refractivity contribution in [2.75, 3.05) is 44.3 Å². The average molecular weight is 275 g/mol. The number of anilines is 1. The standard InChI is InChI=1S/C15H21N3O2/c1-12-2-4-16-14(10-12)18-5-3-13(11-18)15(19)17-6-8-20-9-7-17/h2,4,10,13H,3,5-9,11H2,1H3. The van der Waals surface area contributed by atoms with Gasteiger partial charge in [0.15, 0.2) is 0 Å². The largest absolute Gasteiger partial charge is 0.378 e. The molecule has 3 rings (SSSR count). The molecule has 1 aromatic heterocycles. The van der Waals surface area contributed by atoms with Crippen LogP contribution in [0.3, 0.4) is 0 Å². The van der Waals surface area contributed by atoms with Crippen molar-refractivity contribution in [3.05, 3.63) is 23.9 Å². The second kappa shape index (κ2) is 5.79. The smallest absolute Gasteiger partial charge is 0.227 e. The number of carbonyl (C=O) groups is 1. The maximum Gasteiger partial charge on any atom is 0.227 e. The van der Waals surface area contributed by atoms with Gasteiger partial charge < -0.3 is 14.5 Å². The molecule has 0 aliphatic carbocycles. The second-order valence-electron chi connectivity index (χ2n) is 5.56. The number of amides is 1. The van der Waals surface area contributed by atoms with Gasteiger partial charge in [0.25, 0.3) is 0 Å². The van der Waals surface area contributed by atoms with Gasteiger partial charge in [0, 0.05) is 32.4 Å². The van der Waals surface area contributed by atoms with E-state index in [2.05, 4.69) is 22.9 Å². The van der Waals surface area contributed by atoms with Crippen molar-refractivity contribution >= 4 is 11.7 Å². The maximum atomic E-state index is 12.5. The summed E-state index contributed by atoms with van der Waals surface area (Å²) in [5, 5.41) is 0. The first-order valence-corrected chi connectivity index (χ1v) is 7.28. The third-order valence-electron chi connectivity index (χ3n) is 4.09. The molecule has 1 amide bonds. The van der Waals surface area contributed by atoms with Crippen LogP contribution in [0.5, 0.6) is 0 Å². The SMILES string of the molecule is Cc1ccnc(N2CCC(C(=O)N3CCOCC3)C2)c1. The second-order valence-corrected chi connectivity index (χ2v) is 5.56. The molecule has 0 spiro atoms.